The van der Waals surface area contributed by atoms with Crippen LogP contribution < -0.4 is 31.8 Å². The third-order valence-electron chi connectivity index (χ3n) is 5.11. The molecule has 0 aromatic heterocycles. The van der Waals surface area contributed by atoms with Gasteiger partial charge in [-0.1, -0.05) is 0 Å². The zero-order chi connectivity index (χ0) is 27.8. The zero-order valence-electron chi connectivity index (χ0n) is 21.8. The molecule has 208 valence electrons. The van der Waals surface area contributed by atoms with Crippen molar-refractivity contribution in [3.05, 3.63) is 0 Å². The first-order chi connectivity index (χ1) is 16.8. The van der Waals surface area contributed by atoms with Crippen molar-refractivity contribution in [2.75, 3.05) is 18.6 Å². The van der Waals surface area contributed by atoms with E-state index in [1.165, 1.54) is 11.8 Å². The van der Waals surface area contributed by atoms with Gasteiger partial charge in [-0.15, -0.1) is 0 Å². The predicted molar refractivity (Wildman–Crippen MR) is 144 cm³/mol. The van der Waals surface area contributed by atoms with Gasteiger partial charge >= 0.3 is 225 Å². The molecule has 0 aliphatic carbocycles. The number of carbonyl (C=O) groups excluding carboxylic acids is 3. The molecule has 0 spiro atoms. The van der Waals surface area contributed by atoms with Crippen molar-refractivity contribution >= 4 is 55.4 Å². The van der Waals surface area contributed by atoms with Crippen molar-refractivity contribution in [1.29, 1.82) is 5.41 Å². The Morgan fingerprint density at radius 2 is 1.67 bits per heavy atom. The molecule has 4 atom stereocenters. The summed E-state index contributed by atoms with van der Waals surface area (Å²) in [5, 5.41) is 24.5. The van der Waals surface area contributed by atoms with Gasteiger partial charge < -0.3 is 0 Å². The van der Waals surface area contributed by atoms with Gasteiger partial charge in [-0.2, -0.15) is 0 Å². The number of carboxylic acids is 1. The number of aliphatic carboxylic acids is 1. The van der Waals surface area contributed by atoms with Crippen LogP contribution in [0.5, 0.6) is 0 Å². The number of nitrogens with one attached hydrogen (secondary N) is 5. The van der Waals surface area contributed by atoms with Crippen LogP contribution in [0.15, 0.2) is 0 Å². The molecule has 0 rings (SSSR count). The van der Waals surface area contributed by atoms with E-state index < -0.39 is 51.2 Å². The zero-order valence-corrected chi connectivity index (χ0v) is 24.3. The van der Waals surface area contributed by atoms with Gasteiger partial charge in [0, 0.05) is 0 Å². The molecule has 0 saturated carbocycles. The van der Waals surface area contributed by atoms with Crippen molar-refractivity contribution < 1.29 is 24.3 Å². The quantitative estimate of drug-likeness (QED) is 0.0402. The van der Waals surface area contributed by atoms with E-state index in [-0.39, 0.29) is 34.8 Å². The maximum absolute atomic E-state index is 13.0. The number of hydrogen-bond donors (Lipinski definition) is 8. The molecule has 0 fully saturated rings. The minimum atomic E-state index is -1.17. The van der Waals surface area contributed by atoms with Crippen LogP contribution in [0.2, 0.25) is 0 Å². The topological polar surface area (TPSA) is 213 Å². The summed E-state index contributed by atoms with van der Waals surface area (Å²) in [4.78, 5) is 50.0. The van der Waals surface area contributed by atoms with Crippen LogP contribution in [-0.4, -0.2) is 91.4 Å². The van der Waals surface area contributed by atoms with Gasteiger partial charge in [0.05, 0.1) is 0 Å². The number of hydrogen-bond acceptors (Lipinski definition) is 8. The Morgan fingerprint density at radius 1 is 1.03 bits per heavy atom. The average molecular weight is 597 g/mol. The van der Waals surface area contributed by atoms with Gasteiger partial charge in [-0.25, -0.2) is 0 Å². The molecule has 12 nitrogen and oxygen atoms in total. The number of guanidine groups is 1. The average Bonchev–Trinajstić information content (AvgIpc) is 2.77. The van der Waals surface area contributed by atoms with Crippen LogP contribution in [0.1, 0.15) is 53.4 Å². The summed E-state index contributed by atoms with van der Waals surface area (Å²) in [7, 11) is 0. The Labute approximate surface area is 224 Å². The Bertz CT molecular complexity index is 742. The van der Waals surface area contributed by atoms with E-state index in [1.54, 1.807) is 0 Å². The van der Waals surface area contributed by atoms with Crippen LogP contribution in [0, 0.1) is 17.2 Å². The predicted octanol–water partition coefficient (Wildman–Crippen LogP) is -0.810. The molecule has 0 bridgehead atoms. The molecule has 0 saturated heterocycles. The number of carboxylic acid groups (broad SMARTS) is 1. The molecule has 0 aliphatic rings. The monoisotopic (exact) mass is 597 g/mol. The fourth-order valence-corrected chi connectivity index (χ4v) is 5.55. The van der Waals surface area contributed by atoms with Crippen LogP contribution >= 0.6 is 11.8 Å². The molecule has 0 heterocycles. The van der Waals surface area contributed by atoms with Crippen LogP contribution in [-0.2, 0) is 19.2 Å². The molecule has 4 unspecified atom stereocenters. The van der Waals surface area contributed by atoms with Crippen LogP contribution in [0.3, 0.4) is 0 Å². The third kappa shape index (κ3) is 14.6. The fraction of sp³-hybridized carbons (Fsp3) is 0.773. The summed E-state index contributed by atoms with van der Waals surface area (Å²) in [6.45, 7) is 7.88. The summed E-state index contributed by atoms with van der Waals surface area (Å²) in [6, 6.07) is -3.32. The number of thioether (sulfide) groups is 1. The van der Waals surface area contributed by atoms with Gasteiger partial charge in [0.25, 0.3) is 0 Å². The molecular formula is C22H43N7O5SSe. The Kier molecular flexibility index (Phi) is 17.4. The first kappa shape index (κ1) is 34.1. The van der Waals surface area contributed by atoms with Gasteiger partial charge in [0.2, 0.25) is 0 Å². The van der Waals surface area contributed by atoms with Crippen molar-refractivity contribution in [3.8, 4) is 0 Å². The van der Waals surface area contributed by atoms with E-state index in [1.807, 2.05) is 34.0 Å². The molecule has 36 heavy (non-hydrogen) atoms. The van der Waals surface area contributed by atoms with E-state index in [9.17, 15) is 24.3 Å². The number of rotatable bonds is 19. The first-order valence-corrected chi connectivity index (χ1v) is 15.0. The van der Waals surface area contributed by atoms with E-state index >= 15 is 0 Å². The summed E-state index contributed by atoms with van der Waals surface area (Å²) in [5.74, 6) is -1.57. The van der Waals surface area contributed by atoms with Gasteiger partial charge in [-0.05, 0) is 0 Å². The second-order valence-electron chi connectivity index (χ2n) is 9.22. The summed E-state index contributed by atoms with van der Waals surface area (Å²) < 4.78 is 2.78. The van der Waals surface area contributed by atoms with Gasteiger partial charge in [-0.3, -0.25) is 0 Å². The van der Waals surface area contributed by atoms with Crippen molar-refractivity contribution in [2.24, 2.45) is 23.3 Å². The summed E-state index contributed by atoms with van der Waals surface area (Å²) >= 11 is 0.690. The van der Waals surface area contributed by atoms with E-state index in [0.717, 1.165) is 0 Å². The van der Waals surface area contributed by atoms with E-state index in [2.05, 4.69) is 20.3 Å². The maximum atomic E-state index is 13.0. The third-order valence-corrected chi connectivity index (χ3v) is 7.55. The van der Waals surface area contributed by atoms with Gasteiger partial charge in [0.15, 0.2) is 0 Å². The van der Waals surface area contributed by atoms with Crippen molar-refractivity contribution in [1.82, 2.24) is 20.3 Å². The van der Waals surface area contributed by atoms with Crippen molar-refractivity contribution in [3.63, 3.8) is 0 Å². The number of amides is 2. The second kappa shape index (κ2) is 18.4. The molecule has 2 amide bonds. The first-order valence-electron chi connectivity index (χ1n) is 11.9. The SMILES string of the molecule is CSCCC(N[Se]C(=O)C(NC(=O)C(N)CC(C)C)C(C)C)C(=O)NC(CCCNC(=N)N)C(=O)O. The molecular weight excluding hydrogens is 553 g/mol. The minimum absolute atomic E-state index is 0.152. The van der Waals surface area contributed by atoms with E-state index in [4.69, 9.17) is 16.9 Å². The van der Waals surface area contributed by atoms with Crippen LogP contribution in [0.4, 0.5) is 0 Å². The Hall–Kier alpha value is -1.86. The molecule has 0 aliphatic heterocycles. The Balaban J connectivity index is 5.16. The molecule has 14 heteroatoms. The van der Waals surface area contributed by atoms with Crippen molar-refractivity contribution in [2.45, 2.75) is 77.5 Å². The molecule has 0 radical (unpaired) electrons. The summed E-state index contributed by atoms with van der Waals surface area (Å²) in [5.41, 5.74) is 11.2. The molecule has 0 aromatic rings. The molecule has 0 aromatic carbocycles. The number of nitrogens with two attached hydrogens (primary N) is 2. The normalized spacial score (nSPS) is 14.6. The van der Waals surface area contributed by atoms with E-state index in [0.29, 0.717) is 31.6 Å². The number of carbonyl (C=O) groups is 4. The molecule has 10 N–H and O–H groups in total. The second-order valence-corrected chi connectivity index (χ2v) is 12.0. The Morgan fingerprint density at radius 3 is 2.17 bits per heavy atom. The summed E-state index contributed by atoms with van der Waals surface area (Å²) in [6.07, 6.45) is 3.33. The van der Waals surface area contributed by atoms with Crippen LogP contribution in [0.25, 0.3) is 0 Å². The fourth-order valence-electron chi connectivity index (χ4n) is 3.10. The standard InChI is InChI=1S/C22H43N7O5SSe/c1-12(2)11-14(23)18(30)28-17(13(3)4)21(34)36-29-15(8-10-35-5)19(31)27-16(20(32)33)7-6-9-26-22(24)25/h12-17,29H,6-11,23H2,1-5H3,(H,27,31)(H,28,30)(H,32,33)(H4,24,25,26). The van der Waals surface area contributed by atoms with Gasteiger partial charge in [0.1, 0.15) is 0 Å².